The molecule has 5 heteroatoms. The van der Waals surface area contributed by atoms with Crippen LogP contribution >= 0.6 is 0 Å². The second-order valence-electron chi connectivity index (χ2n) is 17.8. The molecule has 2 saturated carbocycles. The number of amides is 1. The van der Waals surface area contributed by atoms with Crippen LogP contribution in [0.3, 0.4) is 0 Å². The van der Waals surface area contributed by atoms with E-state index in [0.717, 1.165) is 49.2 Å². The van der Waals surface area contributed by atoms with Gasteiger partial charge in [0.05, 0.1) is 12.2 Å². The Balaban J connectivity index is 0.000000212. The molecule has 0 aromatic carbocycles. The lowest BCUT2D eigenvalue weighted by molar-refractivity contribution is -0.138. The Bertz CT molecular complexity index is 887. The second kappa shape index (κ2) is 17.3. The van der Waals surface area contributed by atoms with Crippen molar-refractivity contribution in [3.63, 3.8) is 0 Å². The summed E-state index contributed by atoms with van der Waals surface area (Å²) in [7, 11) is 0. The van der Waals surface area contributed by atoms with Crippen LogP contribution in [0.15, 0.2) is 0 Å². The predicted octanol–water partition coefficient (Wildman–Crippen LogP) is 9.43. The molecule has 1 amide bonds. The maximum Gasteiger partial charge on any atom is 0.225 e. The minimum absolute atomic E-state index is 0.199. The molecule has 5 nitrogen and oxygen atoms in total. The molecule has 3 atom stereocenters. The number of likely N-dealkylation sites (tertiary alicyclic amines) is 3. The molecule has 5 rings (SSSR count). The molecule has 0 aromatic heterocycles. The summed E-state index contributed by atoms with van der Waals surface area (Å²) in [6, 6.07) is 0.735. The summed E-state index contributed by atoms with van der Waals surface area (Å²) in [4.78, 5) is 20.0. The highest BCUT2D eigenvalue weighted by molar-refractivity contribution is 5.78. The van der Waals surface area contributed by atoms with Crippen molar-refractivity contribution in [3.8, 4) is 0 Å². The van der Waals surface area contributed by atoms with Crippen molar-refractivity contribution in [3.05, 3.63) is 0 Å². The maximum atomic E-state index is 12.4. The summed E-state index contributed by atoms with van der Waals surface area (Å²) in [5, 5.41) is 0. The van der Waals surface area contributed by atoms with Gasteiger partial charge in [0.15, 0.2) is 0 Å². The molecule has 5 fully saturated rings. The van der Waals surface area contributed by atoms with Crippen molar-refractivity contribution in [2.45, 2.75) is 182 Å². The normalized spacial score (nSPS) is 30.8. The minimum atomic E-state index is 0.199. The van der Waals surface area contributed by atoms with E-state index in [1.54, 1.807) is 0 Å². The number of hydrogen-bond donors (Lipinski definition) is 0. The van der Waals surface area contributed by atoms with Crippen LogP contribution in [-0.4, -0.2) is 83.7 Å². The number of carbonyl (C=O) groups is 1. The third kappa shape index (κ3) is 10.2. The maximum absolute atomic E-state index is 12.4. The first-order valence-electron chi connectivity index (χ1n) is 20.3. The van der Waals surface area contributed by atoms with Crippen LogP contribution in [0.4, 0.5) is 0 Å². The lowest BCUT2D eigenvalue weighted by Crippen LogP contribution is -2.62. The van der Waals surface area contributed by atoms with E-state index in [1.807, 2.05) is 0 Å². The summed E-state index contributed by atoms with van der Waals surface area (Å²) in [5.41, 5.74) is 0.965. The van der Waals surface area contributed by atoms with Crippen molar-refractivity contribution < 1.29 is 9.53 Å². The monoisotopic (exact) mass is 644 g/mol. The molecule has 268 valence electrons. The first-order valence-corrected chi connectivity index (χ1v) is 20.3. The van der Waals surface area contributed by atoms with Gasteiger partial charge in [0, 0.05) is 56.8 Å². The molecule has 3 heterocycles. The number of carbonyl (C=O) groups excluding carboxylic acids is 1. The molecular formula is C41H77N3O2. The standard InChI is InChI=1S/C22H40N2O.C19H37NO/c1-5-17(3)19-7-11-22(12-8-19)15-24(16-22)20-9-13-23(14-10-20)21(25)18(4)6-2;1-6-16-7-9-17(10-8-16)14-20-12-11-18(21-15(2)3)13-19(20,4)5/h17-20H,5-16H2,1-4H3;15-18H,6-14H2,1-5H3. The van der Waals surface area contributed by atoms with Crippen molar-refractivity contribution in [1.29, 1.82) is 0 Å². The zero-order chi connectivity index (χ0) is 33.5. The van der Waals surface area contributed by atoms with Gasteiger partial charge >= 0.3 is 0 Å². The number of nitrogens with zero attached hydrogens (tertiary/aromatic N) is 3. The van der Waals surface area contributed by atoms with Gasteiger partial charge in [-0.3, -0.25) is 14.6 Å². The third-order valence-electron chi connectivity index (χ3n) is 13.7. The van der Waals surface area contributed by atoms with Crippen molar-refractivity contribution in [2.75, 3.05) is 39.3 Å². The number of hydrogen-bond acceptors (Lipinski definition) is 4. The molecule has 3 unspecified atom stereocenters. The molecule has 3 saturated heterocycles. The van der Waals surface area contributed by atoms with Gasteiger partial charge in [-0.25, -0.2) is 0 Å². The highest BCUT2D eigenvalue weighted by Crippen LogP contribution is 2.48. The number of piperidine rings is 2. The average molecular weight is 644 g/mol. The molecule has 3 aliphatic heterocycles. The third-order valence-corrected chi connectivity index (χ3v) is 13.7. The highest BCUT2D eigenvalue weighted by Gasteiger charge is 2.48. The SMILES string of the molecule is CCC(C)C(=O)N1CCC(N2CC3(CCC(C(C)CC)CC3)C2)CC1.CCC1CCC(CN2CCC(OC(C)C)CC2(C)C)CC1. The summed E-state index contributed by atoms with van der Waals surface area (Å²) in [5.74, 6) is 4.43. The lowest BCUT2D eigenvalue weighted by atomic mass is 9.63. The fraction of sp³-hybridized carbons (Fsp3) is 0.976. The molecule has 0 radical (unpaired) electrons. The number of ether oxygens (including phenoxy) is 1. The average Bonchev–Trinajstić information content (AvgIpc) is 3.04. The zero-order valence-electron chi connectivity index (χ0n) is 32.1. The van der Waals surface area contributed by atoms with Crippen LogP contribution in [-0.2, 0) is 9.53 Å². The van der Waals surface area contributed by atoms with Gasteiger partial charge in [-0.1, -0.05) is 60.3 Å². The van der Waals surface area contributed by atoms with E-state index in [1.165, 1.54) is 116 Å². The summed E-state index contributed by atoms with van der Waals surface area (Å²) in [6.45, 7) is 27.7. The Labute approximate surface area is 286 Å². The molecule has 2 aliphatic carbocycles. The van der Waals surface area contributed by atoms with Gasteiger partial charge < -0.3 is 9.64 Å². The van der Waals surface area contributed by atoms with Gasteiger partial charge in [-0.2, -0.15) is 0 Å². The first kappa shape index (κ1) is 38.2. The van der Waals surface area contributed by atoms with Crippen LogP contribution in [0.5, 0.6) is 0 Å². The van der Waals surface area contributed by atoms with E-state index in [4.69, 9.17) is 4.74 Å². The van der Waals surface area contributed by atoms with E-state index in [0.29, 0.717) is 29.1 Å². The summed E-state index contributed by atoms with van der Waals surface area (Å²) in [6.07, 6.45) is 21.0. The fourth-order valence-corrected chi connectivity index (χ4v) is 9.85. The molecule has 5 aliphatic rings. The lowest BCUT2D eigenvalue weighted by Gasteiger charge is -2.57. The Morgan fingerprint density at radius 1 is 0.783 bits per heavy atom. The molecular weight excluding hydrogens is 566 g/mol. The first-order chi connectivity index (χ1) is 21.9. The van der Waals surface area contributed by atoms with Crippen LogP contribution in [0.2, 0.25) is 0 Å². The molecule has 0 bridgehead atoms. The molecule has 0 N–H and O–H groups in total. The Morgan fingerprint density at radius 3 is 1.91 bits per heavy atom. The second-order valence-corrected chi connectivity index (χ2v) is 17.8. The Hall–Kier alpha value is -0.650. The van der Waals surface area contributed by atoms with Gasteiger partial charge in [0.25, 0.3) is 0 Å². The Kier molecular flexibility index (Phi) is 14.4. The zero-order valence-corrected chi connectivity index (χ0v) is 32.1. The van der Waals surface area contributed by atoms with Crippen LogP contribution < -0.4 is 0 Å². The fourth-order valence-electron chi connectivity index (χ4n) is 9.85. The van der Waals surface area contributed by atoms with Gasteiger partial charge in [-0.05, 0) is 127 Å². The van der Waals surface area contributed by atoms with Crippen LogP contribution in [0.1, 0.15) is 159 Å². The van der Waals surface area contributed by atoms with Gasteiger partial charge in [0.1, 0.15) is 0 Å². The molecule has 1 spiro atoms. The van der Waals surface area contributed by atoms with Crippen LogP contribution in [0, 0.1) is 35.0 Å². The van der Waals surface area contributed by atoms with E-state index in [-0.39, 0.29) is 5.92 Å². The van der Waals surface area contributed by atoms with E-state index >= 15 is 0 Å². The quantitative estimate of drug-likeness (QED) is 0.238. The predicted molar refractivity (Wildman–Crippen MR) is 195 cm³/mol. The van der Waals surface area contributed by atoms with Crippen molar-refractivity contribution in [1.82, 2.24) is 14.7 Å². The smallest absolute Gasteiger partial charge is 0.225 e. The van der Waals surface area contributed by atoms with E-state index in [2.05, 4.69) is 77.0 Å². The Morgan fingerprint density at radius 2 is 1.39 bits per heavy atom. The van der Waals surface area contributed by atoms with Gasteiger partial charge in [-0.15, -0.1) is 0 Å². The van der Waals surface area contributed by atoms with Crippen molar-refractivity contribution >= 4 is 5.91 Å². The topological polar surface area (TPSA) is 36.0 Å². The largest absolute Gasteiger partial charge is 0.375 e. The minimum Gasteiger partial charge on any atom is -0.375 e. The molecule has 0 aromatic rings. The molecule has 46 heavy (non-hydrogen) atoms. The van der Waals surface area contributed by atoms with Gasteiger partial charge in [0.2, 0.25) is 5.91 Å². The van der Waals surface area contributed by atoms with E-state index in [9.17, 15) is 4.79 Å². The summed E-state index contributed by atoms with van der Waals surface area (Å²) >= 11 is 0. The number of rotatable bonds is 10. The van der Waals surface area contributed by atoms with Crippen LogP contribution in [0.25, 0.3) is 0 Å². The van der Waals surface area contributed by atoms with Crippen molar-refractivity contribution in [2.24, 2.45) is 35.0 Å². The van der Waals surface area contributed by atoms with E-state index < -0.39 is 0 Å². The highest BCUT2D eigenvalue weighted by atomic mass is 16.5. The summed E-state index contributed by atoms with van der Waals surface area (Å²) < 4.78 is 6.07.